The van der Waals surface area contributed by atoms with Crippen LogP contribution in [0.4, 0.5) is 17.6 Å². The Balaban J connectivity index is 1.62. The summed E-state index contributed by atoms with van der Waals surface area (Å²) < 4.78 is 56.9. The van der Waals surface area contributed by atoms with Crippen molar-refractivity contribution in [1.29, 1.82) is 0 Å². The van der Waals surface area contributed by atoms with Crippen molar-refractivity contribution in [3.05, 3.63) is 71.0 Å². The Hall–Kier alpha value is -2.61. The lowest BCUT2D eigenvalue weighted by molar-refractivity contribution is -0.137. The van der Waals surface area contributed by atoms with E-state index < -0.39 is 11.7 Å². The zero-order valence-electron chi connectivity index (χ0n) is 16.7. The molecule has 0 atom stereocenters. The molecule has 2 aromatic rings. The maximum absolute atomic E-state index is 13.4. The molecule has 0 aromatic heterocycles. The summed E-state index contributed by atoms with van der Waals surface area (Å²) in [5, 5.41) is 6.44. The zero-order valence-corrected chi connectivity index (χ0v) is 16.7. The van der Waals surface area contributed by atoms with E-state index >= 15 is 0 Å². The van der Waals surface area contributed by atoms with Crippen LogP contribution in [0.5, 0.6) is 0 Å². The number of hydrogen-bond acceptors (Lipinski definition) is 2. The van der Waals surface area contributed by atoms with Crippen LogP contribution in [0.25, 0.3) is 0 Å². The lowest BCUT2D eigenvalue weighted by Gasteiger charge is -2.38. The Morgan fingerprint density at radius 3 is 2.20 bits per heavy atom. The molecule has 0 aliphatic carbocycles. The van der Waals surface area contributed by atoms with E-state index in [1.807, 2.05) is 0 Å². The number of nitrogens with one attached hydrogen (secondary N) is 2. The summed E-state index contributed by atoms with van der Waals surface area (Å²) in [4.78, 5) is 4.21. The van der Waals surface area contributed by atoms with Crippen molar-refractivity contribution in [1.82, 2.24) is 10.6 Å². The Kier molecular flexibility index (Phi) is 6.97. The highest BCUT2D eigenvalue weighted by molar-refractivity contribution is 5.79. The maximum atomic E-state index is 13.4. The van der Waals surface area contributed by atoms with Gasteiger partial charge in [-0.2, -0.15) is 13.2 Å². The van der Waals surface area contributed by atoms with Gasteiger partial charge in [0.05, 0.1) is 5.56 Å². The van der Waals surface area contributed by atoms with Crippen LogP contribution in [0.1, 0.15) is 29.5 Å². The first-order chi connectivity index (χ1) is 14.3. The molecule has 2 N–H and O–H groups in total. The van der Waals surface area contributed by atoms with Gasteiger partial charge in [0, 0.05) is 38.8 Å². The number of ether oxygens (including phenoxy) is 1. The van der Waals surface area contributed by atoms with Crippen LogP contribution in [0.15, 0.2) is 53.5 Å². The predicted octanol–water partition coefficient (Wildman–Crippen LogP) is 4.26. The van der Waals surface area contributed by atoms with Gasteiger partial charge in [-0.15, -0.1) is 0 Å². The summed E-state index contributed by atoms with van der Waals surface area (Å²) in [5.41, 5.74) is 0.871. The van der Waals surface area contributed by atoms with Crippen molar-refractivity contribution >= 4 is 5.96 Å². The van der Waals surface area contributed by atoms with Gasteiger partial charge in [0.2, 0.25) is 0 Å². The van der Waals surface area contributed by atoms with Crippen LogP contribution < -0.4 is 10.6 Å². The minimum atomic E-state index is -4.35. The molecule has 4 nitrogen and oxygen atoms in total. The lowest BCUT2D eigenvalue weighted by atomic mass is 9.74. The normalized spacial score (nSPS) is 16.9. The van der Waals surface area contributed by atoms with Crippen molar-refractivity contribution in [2.75, 3.05) is 26.8 Å². The smallest absolute Gasteiger partial charge is 0.381 e. The Bertz CT molecular complexity index is 842. The van der Waals surface area contributed by atoms with E-state index in [9.17, 15) is 17.6 Å². The second kappa shape index (κ2) is 9.47. The van der Waals surface area contributed by atoms with E-state index in [0.29, 0.717) is 37.8 Å². The molecule has 0 amide bonds. The van der Waals surface area contributed by atoms with Crippen molar-refractivity contribution in [3.8, 4) is 0 Å². The van der Waals surface area contributed by atoms with Crippen LogP contribution in [-0.4, -0.2) is 32.8 Å². The maximum Gasteiger partial charge on any atom is 0.416 e. The highest BCUT2D eigenvalue weighted by atomic mass is 19.4. The Morgan fingerprint density at radius 2 is 1.63 bits per heavy atom. The standard InChI is InChI=1S/C22H25F4N3O/c1-27-20(28-14-16-2-4-18(5-3-16)22(24,25)26)29-15-21(10-12-30-13-11-21)17-6-8-19(23)9-7-17/h2-9H,10-15H2,1H3,(H2,27,28,29). The number of benzene rings is 2. The first-order valence-corrected chi connectivity index (χ1v) is 9.77. The first kappa shape index (κ1) is 22.1. The largest absolute Gasteiger partial charge is 0.416 e. The molecule has 1 aliphatic heterocycles. The molecule has 0 bridgehead atoms. The summed E-state index contributed by atoms with van der Waals surface area (Å²) in [7, 11) is 1.64. The fourth-order valence-electron chi connectivity index (χ4n) is 3.60. The van der Waals surface area contributed by atoms with E-state index in [1.54, 1.807) is 19.2 Å². The summed E-state index contributed by atoms with van der Waals surface area (Å²) in [5.74, 6) is 0.269. The number of aliphatic imine (C=N–C) groups is 1. The monoisotopic (exact) mass is 423 g/mol. The second-order valence-corrected chi connectivity index (χ2v) is 7.37. The third kappa shape index (κ3) is 5.50. The second-order valence-electron chi connectivity index (χ2n) is 7.37. The average molecular weight is 423 g/mol. The molecule has 162 valence electrons. The van der Waals surface area contributed by atoms with Gasteiger partial charge < -0.3 is 15.4 Å². The molecule has 1 saturated heterocycles. The van der Waals surface area contributed by atoms with Crippen molar-refractivity contribution < 1.29 is 22.3 Å². The highest BCUT2D eigenvalue weighted by Gasteiger charge is 2.34. The van der Waals surface area contributed by atoms with E-state index in [-0.39, 0.29) is 11.2 Å². The van der Waals surface area contributed by atoms with Crippen molar-refractivity contribution in [2.45, 2.75) is 31.0 Å². The number of nitrogens with zero attached hydrogens (tertiary/aromatic N) is 1. The minimum Gasteiger partial charge on any atom is -0.381 e. The number of guanidine groups is 1. The quantitative estimate of drug-likeness (QED) is 0.429. The van der Waals surface area contributed by atoms with Gasteiger partial charge in [0.25, 0.3) is 0 Å². The molecule has 1 aliphatic rings. The van der Waals surface area contributed by atoms with Gasteiger partial charge in [-0.1, -0.05) is 24.3 Å². The van der Waals surface area contributed by atoms with E-state index in [1.165, 1.54) is 24.3 Å². The summed E-state index contributed by atoms with van der Waals surface area (Å²) in [6.07, 6.45) is -2.76. The molecule has 30 heavy (non-hydrogen) atoms. The third-order valence-corrected chi connectivity index (χ3v) is 5.47. The van der Waals surface area contributed by atoms with Gasteiger partial charge in [-0.05, 0) is 48.2 Å². The summed E-state index contributed by atoms with van der Waals surface area (Å²) >= 11 is 0. The highest BCUT2D eigenvalue weighted by Crippen LogP contribution is 2.34. The summed E-state index contributed by atoms with van der Waals surface area (Å²) in [6, 6.07) is 11.6. The number of halogens is 4. The zero-order chi connectivity index (χ0) is 21.6. The van der Waals surface area contributed by atoms with Crippen molar-refractivity contribution in [3.63, 3.8) is 0 Å². The van der Waals surface area contributed by atoms with E-state index in [0.717, 1.165) is 30.5 Å². The minimum absolute atomic E-state index is 0.210. The molecular formula is C22H25F4N3O. The van der Waals surface area contributed by atoms with E-state index in [2.05, 4.69) is 15.6 Å². The topological polar surface area (TPSA) is 45.7 Å². The molecule has 1 heterocycles. The predicted molar refractivity (Wildman–Crippen MR) is 108 cm³/mol. The Labute approximate surface area is 173 Å². The average Bonchev–Trinajstić information content (AvgIpc) is 2.74. The van der Waals surface area contributed by atoms with Crippen LogP contribution in [0.3, 0.4) is 0 Å². The molecule has 2 aromatic carbocycles. The molecular weight excluding hydrogens is 398 g/mol. The van der Waals surface area contributed by atoms with Gasteiger partial charge in [0.1, 0.15) is 5.82 Å². The third-order valence-electron chi connectivity index (χ3n) is 5.47. The SMILES string of the molecule is CN=C(NCc1ccc(C(F)(F)F)cc1)NCC1(c2ccc(F)cc2)CCOCC1. The van der Waals surface area contributed by atoms with E-state index in [4.69, 9.17) is 4.74 Å². The molecule has 0 radical (unpaired) electrons. The Morgan fingerprint density at radius 1 is 1.00 bits per heavy atom. The number of hydrogen-bond donors (Lipinski definition) is 2. The van der Waals surface area contributed by atoms with Gasteiger partial charge >= 0.3 is 6.18 Å². The molecule has 0 unspecified atom stereocenters. The number of rotatable bonds is 5. The fourth-order valence-corrected chi connectivity index (χ4v) is 3.60. The molecule has 3 rings (SSSR count). The number of alkyl halides is 3. The molecule has 8 heteroatoms. The lowest BCUT2D eigenvalue weighted by Crippen LogP contribution is -2.47. The molecule has 0 saturated carbocycles. The molecule has 1 fully saturated rings. The summed E-state index contributed by atoms with van der Waals surface area (Å²) in [6.45, 7) is 2.16. The van der Waals surface area contributed by atoms with Crippen LogP contribution in [0, 0.1) is 5.82 Å². The van der Waals surface area contributed by atoms with Crippen LogP contribution in [-0.2, 0) is 22.9 Å². The van der Waals surface area contributed by atoms with Gasteiger partial charge in [-0.3, -0.25) is 4.99 Å². The van der Waals surface area contributed by atoms with Crippen molar-refractivity contribution in [2.24, 2.45) is 4.99 Å². The van der Waals surface area contributed by atoms with Gasteiger partial charge in [-0.25, -0.2) is 4.39 Å². The first-order valence-electron chi connectivity index (χ1n) is 9.77. The molecule has 0 spiro atoms. The van der Waals surface area contributed by atoms with Gasteiger partial charge in [0.15, 0.2) is 5.96 Å². The van der Waals surface area contributed by atoms with Crippen LogP contribution in [0.2, 0.25) is 0 Å². The van der Waals surface area contributed by atoms with Crippen LogP contribution >= 0.6 is 0 Å². The fraction of sp³-hybridized carbons (Fsp3) is 0.409.